The maximum Gasteiger partial charge on any atom is 0.310 e. The zero-order chi connectivity index (χ0) is 25.5. The summed E-state index contributed by atoms with van der Waals surface area (Å²) in [7, 11) is 0. The smallest absolute Gasteiger partial charge is 0.310 e. The summed E-state index contributed by atoms with van der Waals surface area (Å²) < 4.78 is 6.59. The van der Waals surface area contributed by atoms with Crippen LogP contribution in [0.15, 0.2) is 47.0 Å². The molecular formula is C22H25Cl2N3O6S. The zero-order valence-corrected chi connectivity index (χ0v) is 21.0. The van der Waals surface area contributed by atoms with E-state index in [1.807, 2.05) is 0 Å². The van der Waals surface area contributed by atoms with Gasteiger partial charge in [0.25, 0.3) is 5.91 Å². The van der Waals surface area contributed by atoms with Crippen LogP contribution in [-0.4, -0.2) is 44.8 Å². The van der Waals surface area contributed by atoms with Gasteiger partial charge in [0.1, 0.15) is 6.61 Å². The molecule has 184 valence electrons. The molecule has 0 aliphatic heterocycles. The van der Waals surface area contributed by atoms with E-state index < -0.39 is 28.8 Å². The Balaban J connectivity index is 1.99. The highest BCUT2D eigenvalue weighted by atomic mass is 35.5. The molecule has 0 saturated heterocycles. The number of amides is 1. The van der Waals surface area contributed by atoms with Gasteiger partial charge >= 0.3 is 5.97 Å². The number of aliphatic hydroxyl groups is 1. The standard InChI is InChI=1S/C22H25Cl2N3O6S/c1-13(20(29)27(32)21(30)22(2,3)34-26-31)12-33-18(28)11-14-7-4-5-10-17(14)25-19-15(23)8-6-9-16(19)24/h4-10,13,21,25,30,32H,11-12H2,1-3H3/t13-,21-/m1/s1. The largest absolute Gasteiger partial charge is 0.465 e. The van der Waals surface area contributed by atoms with Crippen LogP contribution in [-0.2, 0) is 20.7 Å². The van der Waals surface area contributed by atoms with Crippen LogP contribution in [0.4, 0.5) is 11.4 Å². The summed E-state index contributed by atoms with van der Waals surface area (Å²) in [5, 5.41) is 24.3. The Morgan fingerprint density at radius 3 is 2.41 bits per heavy atom. The highest BCUT2D eigenvalue weighted by Crippen LogP contribution is 2.34. The third-order valence-electron chi connectivity index (χ3n) is 4.84. The number of aliphatic hydroxyl groups excluding tert-OH is 1. The number of ether oxygens (including phenoxy) is 1. The maximum atomic E-state index is 12.4. The number of nitrogens with zero attached hydrogens (tertiary/aromatic N) is 2. The summed E-state index contributed by atoms with van der Waals surface area (Å²) >= 11 is 12.9. The number of nitroso groups, excluding NO2 is 1. The number of hydrogen-bond donors (Lipinski definition) is 3. The number of benzene rings is 2. The van der Waals surface area contributed by atoms with Crippen molar-refractivity contribution in [2.45, 2.75) is 38.2 Å². The molecule has 9 nitrogen and oxygen atoms in total. The molecule has 0 unspecified atom stereocenters. The van der Waals surface area contributed by atoms with Crippen molar-refractivity contribution in [1.82, 2.24) is 5.06 Å². The summed E-state index contributed by atoms with van der Waals surface area (Å²) in [4.78, 5) is 35.3. The molecular weight excluding hydrogens is 505 g/mol. The molecule has 0 bridgehead atoms. The SMILES string of the molecule is C[C@H](COC(=O)Cc1ccccc1Nc1c(Cl)cccc1Cl)C(=O)N(O)[C@H](O)C(C)(C)SN=O. The Morgan fingerprint density at radius 1 is 1.18 bits per heavy atom. The lowest BCUT2D eigenvalue weighted by molar-refractivity contribution is -0.215. The highest BCUT2D eigenvalue weighted by Gasteiger charge is 2.38. The van der Waals surface area contributed by atoms with Crippen LogP contribution >= 0.6 is 35.1 Å². The Hall–Kier alpha value is -2.37. The van der Waals surface area contributed by atoms with Gasteiger partial charge in [0.2, 0.25) is 0 Å². The maximum absolute atomic E-state index is 12.4. The van der Waals surface area contributed by atoms with Gasteiger partial charge in [-0.15, -0.1) is 4.91 Å². The Kier molecular flexibility index (Phi) is 10.1. The van der Waals surface area contributed by atoms with Gasteiger partial charge in [-0.3, -0.25) is 14.8 Å². The average molecular weight is 530 g/mol. The number of para-hydroxylation sites is 2. The number of hydrogen-bond acceptors (Lipinski definition) is 9. The molecule has 2 rings (SSSR count). The van der Waals surface area contributed by atoms with E-state index in [-0.39, 0.29) is 18.1 Å². The first-order valence-corrected chi connectivity index (χ1v) is 11.7. The van der Waals surface area contributed by atoms with Crippen molar-refractivity contribution in [3.05, 3.63) is 63.0 Å². The van der Waals surface area contributed by atoms with Crippen LogP contribution in [0.5, 0.6) is 0 Å². The van der Waals surface area contributed by atoms with Crippen molar-refractivity contribution in [2.75, 3.05) is 11.9 Å². The van der Waals surface area contributed by atoms with E-state index in [0.717, 1.165) is 0 Å². The van der Waals surface area contributed by atoms with Crippen LogP contribution in [0.2, 0.25) is 10.0 Å². The predicted octanol–water partition coefficient (Wildman–Crippen LogP) is 5.19. The summed E-state index contributed by atoms with van der Waals surface area (Å²) in [6.45, 7) is 3.98. The Labute approximate surface area is 211 Å². The summed E-state index contributed by atoms with van der Waals surface area (Å²) in [5.74, 6) is -2.44. The number of nitrogens with one attached hydrogen (secondary N) is 1. The van der Waals surface area contributed by atoms with E-state index in [0.29, 0.717) is 38.9 Å². The van der Waals surface area contributed by atoms with E-state index >= 15 is 0 Å². The van der Waals surface area contributed by atoms with Crippen molar-refractivity contribution >= 4 is 58.4 Å². The second-order valence-electron chi connectivity index (χ2n) is 7.97. The molecule has 0 heterocycles. The molecule has 2 atom stereocenters. The van der Waals surface area contributed by atoms with Gasteiger partial charge in [0.15, 0.2) is 6.23 Å². The molecule has 3 N–H and O–H groups in total. The zero-order valence-electron chi connectivity index (χ0n) is 18.7. The fourth-order valence-corrected chi connectivity index (χ4v) is 3.71. The molecule has 2 aromatic rings. The van der Waals surface area contributed by atoms with Gasteiger partial charge in [0, 0.05) is 22.2 Å². The quantitative estimate of drug-likeness (QED) is 0.0905. The number of carbonyl (C=O) groups excluding carboxylic acids is 2. The van der Waals surface area contributed by atoms with E-state index in [1.54, 1.807) is 42.5 Å². The molecule has 34 heavy (non-hydrogen) atoms. The van der Waals surface area contributed by atoms with Crippen molar-refractivity contribution < 1.29 is 24.6 Å². The topological polar surface area (TPSA) is 129 Å². The van der Waals surface area contributed by atoms with Crippen molar-refractivity contribution in [2.24, 2.45) is 10.5 Å². The van der Waals surface area contributed by atoms with Crippen molar-refractivity contribution in [3.8, 4) is 0 Å². The van der Waals surface area contributed by atoms with Crippen LogP contribution < -0.4 is 5.32 Å². The number of halogens is 2. The molecule has 12 heteroatoms. The predicted molar refractivity (Wildman–Crippen MR) is 132 cm³/mol. The monoisotopic (exact) mass is 529 g/mol. The molecule has 0 aliphatic carbocycles. The first-order valence-electron chi connectivity index (χ1n) is 10.1. The molecule has 0 fully saturated rings. The first kappa shape index (κ1) is 27.9. The minimum atomic E-state index is -1.70. The van der Waals surface area contributed by atoms with Gasteiger partial charge in [0.05, 0.1) is 32.8 Å². The van der Waals surface area contributed by atoms with Gasteiger partial charge in [-0.2, -0.15) is 5.06 Å². The summed E-state index contributed by atoms with van der Waals surface area (Å²) in [5.41, 5.74) is 1.71. The fraction of sp³-hybridized carbons (Fsp3) is 0.364. The Morgan fingerprint density at radius 2 is 1.79 bits per heavy atom. The van der Waals surface area contributed by atoms with Crippen molar-refractivity contribution in [3.63, 3.8) is 0 Å². The minimum absolute atomic E-state index is 0.105. The van der Waals surface area contributed by atoms with Gasteiger partial charge in [-0.05, 0) is 37.6 Å². The Bertz CT molecular complexity index is 1020. The lowest BCUT2D eigenvalue weighted by Gasteiger charge is -2.32. The molecule has 2 aromatic carbocycles. The van der Waals surface area contributed by atoms with Crippen molar-refractivity contribution in [1.29, 1.82) is 0 Å². The molecule has 0 spiro atoms. The van der Waals surface area contributed by atoms with E-state index in [4.69, 9.17) is 27.9 Å². The molecule has 0 saturated carbocycles. The van der Waals surface area contributed by atoms with Crippen LogP contribution in [0.3, 0.4) is 0 Å². The van der Waals surface area contributed by atoms with E-state index in [2.05, 4.69) is 9.90 Å². The van der Waals surface area contributed by atoms with E-state index in [9.17, 15) is 24.8 Å². The highest BCUT2D eigenvalue weighted by molar-refractivity contribution is 7.99. The second-order valence-corrected chi connectivity index (χ2v) is 10.2. The van der Waals surface area contributed by atoms with E-state index in [1.165, 1.54) is 20.8 Å². The number of carbonyl (C=O) groups is 2. The third-order valence-corrected chi connectivity index (χ3v) is 6.23. The minimum Gasteiger partial charge on any atom is -0.465 e. The summed E-state index contributed by atoms with van der Waals surface area (Å²) in [6, 6.07) is 12.1. The second kappa shape index (κ2) is 12.4. The first-order chi connectivity index (χ1) is 16.0. The number of esters is 1. The van der Waals surface area contributed by atoms with Crippen LogP contribution in [0.1, 0.15) is 26.3 Å². The van der Waals surface area contributed by atoms with Crippen LogP contribution in [0.25, 0.3) is 0 Å². The summed E-state index contributed by atoms with van der Waals surface area (Å²) in [6.07, 6.45) is -1.80. The number of anilines is 2. The molecule has 1 amide bonds. The lowest BCUT2D eigenvalue weighted by atomic mass is 10.1. The average Bonchev–Trinajstić information content (AvgIpc) is 2.79. The molecule has 0 radical (unpaired) electrons. The lowest BCUT2D eigenvalue weighted by Crippen LogP contribution is -2.50. The van der Waals surface area contributed by atoms with Gasteiger partial charge in [-0.25, -0.2) is 0 Å². The fourth-order valence-electron chi connectivity index (χ4n) is 2.83. The van der Waals surface area contributed by atoms with Crippen LogP contribution in [0, 0.1) is 10.8 Å². The van der Waals surface area contributed by atoms with Gasteiger partial charge < -0.3 is 15.2 Å². The normalized spacial score (nSPS) is 13.0. The number of hydroxylamine groups is 2. The molecule has 0 aliphatic rings. The van der Waals surface area contributed by atoms with Gasteiger partial charge in [-0.1, -0.05) is 54.4 Å². The molecule has 0 aromatic heterocycles. The third kappa shape index (κ3) is 7.31. The number of rotatable bonds is 11.